The molecule has 134 valence electrons. The van der Waals surface area contributed by atoms with E-state index in [1.165, 1.54) is 30.2 Å². The number of hydrogen-bond acceptors (Lipinski definition) is 5. The number of nitrogens with zero attached hydrogens (tertiary/aromatic N) is 1. The van der Waals surface area contributed by atoms with E-state index in [4.69, 9.17) is 4.42 Å². The van der Waals surface area contributed by atoms with Crippen molar-refractivity contribution < 1.29 is 13.6 Å². The van der Waals surface area contributed by atoms with Crippen LogP contribution in [0.2, 0.25) is 0 Å². The monoisotopic (exact) mass is 373 g/mol. The minimum atomic E-state index is -0.357. The molecule has 0 aliphatic heterocycles. The number of nitrogens with one attached hydrogen (secondary N) is 2. The summed E-state index contributed by atoms with van der Waals surface area (Å²) in [5, 5.41) is 3.04. The molecule has 2 N–H and O–H groups in total. The van der Waals surface area contributed by atoms with Gasteiger partial charge in [-0.3, -0.25) is 9.59 Å². The number of aromatic nitrogens is 2. The second kappa shape index (κ2) is 8.48. The predicted octanol–water partition coefficient (Wildman–Crippen LogP) is 2.65. The number of H-pyrrole nitrogens is 1. The Morgan fingerprint density at radius 1 is 1.27 bits per heavy atom. The molecule has 0 atom stereocenters. The third kappa shape index (κ3) is 5.06. The third-order valence-electron chi connectivity index (χ3n) is 3.48. The number of thioether (sulfide) groups is 1. The summed E-state index contributed by atoms with van der Waals surface area (Å²) in [7, 11) is 0. The van der Waals surface area contributed by atoms with Gasteiger partial charge in [-0.25, -0.2) is 9.37 Å². The normalized spacial score (nSPS) is 10.7. The molecule has 0 spiro atoms. The smallest absolute Gasteiger partial charge is 0.251 e. The molecule has 8 heteroatoms. The van der Waals surface area contributed by atoms with Crippen molar-refractivity contribution in [1.82, 2.24) is 15.3 Å². The number of halogens is 1. The molecule has 0 fully saturated rings. The lowest BCUT2D eigenvalue weighted by Crippen LogP contribution is -2.25. The minimum Gasteiger partial charge on any atom is -0.467 e. The topological polar surface area (TPSA) is 88.0 Å². The molecule has 0 saturated heterocycles. The molecule has 2 heterocycles. The molecule has 0 aliphatic carbocycles. The van der Waals surface area contributed by atoms with E-state index >= 15 is 0 Å². The van der Waals surface area contributed by atoms with Gasteiger partial charge in [0.15, 0.2) is 5.16 Å². The van der Waals surface area contributed by atoms with Crippen LogP contribution in [0.3, 0.4) is 0 Å². The summed E-state index contributed by atoms with van der Waals surface area (Å²) in [4.78, 5) is 30.6. The van der Waals surface area contributed by atoms with E-state index in [-0.39, 0.29) is 30.2 Å². The largest absolute Gasteiger partial charge is 0.467 e. The fourth-order valence-electron chi connectivity index (χ4n) is 2.23. The highest BCUT2D eigenvalue weighted by Crippen LogP contribution is 2.20. The van der Waals surface area contributed by atoms with Crippen molar-refractivity contribution in [2.24, 2.45) is 0 Å². The number of aromatic amines is 1. The quantitative estimate of drug-likeness (QED) is 0.491. The van der Waals surface area contributed by atoms with Crippen LogP contribution in [0.15, 0.2) is 63.1 Å². The highest BCUT2D eigenvalue weighted by atomic mass is 32.2. The summed E-state index contributed by atoms with van der Waals surface area (Å²) in [5.41, 5.74) is 0.508. The van der Waals surface area contributed by atoms with Crippen LogP contribution in [0.5, 0.6) is 0 Å². The van der Waals surface area contributed by atoms with Crippen molar-refractivity contribution in [3.8, 4) is 0 Å². The van der Waals surface area contributed by atoms with Crippen LogP contribution in [0.1, 0.15) is 17.0 Å². The molecule has 0 saturated carbocycles. The summed E-state index contributed by atoms with van der Waals surface area (Å²) >= 11 is 1.20. The van der Waals surface area contributed by atoms with Crippen molar-refractivity contribution in [3.05, 3.63) is 81.9 Å². The Kier molecular flexibility index (Phi) is 5.85. The summed E-state index contributed by atoms with van der Waals surface area (Å²) in [6.45, 7) is 0.268. The molecule has 0 aliphatic rings. The zero-order chi connectivity index (χ0) is 18.4. The van der Waals surface area contributed by atoms with E-state index in [1.54, 1.807) is 30.3 Å². The summed E-state index contributed by atoms with van der Waals surface area (Å²) in [5.74, 6) is 0.378. The van der Waals surface area contributed by atoms with E-state index in [0.717, 1.165) is 0 Å². The minimum absolute atomic E-state index is 0.0299. The van der Waals surface area contributed by atoms with Gasteiger partial charge in [0.1, 0.15) is 11.6 Å². The zero-order valence-electron chi connectivity index (χ0n) is 13.7. The molecule has 6 nitrogen and oxygen atoms in total. The zero-order valence-corrected chi connectivity index (χ0v) is 14.5. The maximum absolute atomic E-state index is 13.7. The van der Waals surface area contributed by atoms with Gasteiger partial charge in [0.25, 0.3) is 5.56 Å². The van der Waals surface area contributed by atoms with Crippen LogP contribution in [0.4, 0.5) is 4.39 Å². The van der Waals surface area contributed by atoms with Crippen LogP contribution in [-0.4, -0.2) is 15.9 Å². The van der Waals surface area contributed by atoms with Crippen molar-refractivity contribution in [3.63, 3.8) is 0 Å². The number of benzene rings is 1. The first kappa shape index (κ1) is 17.9. The first-order chi connectivity index (χ1) is 12.6. The Labute approximate surface area is 152 Å². The molecule has 2 aromatic heterocycles. The van der Waals surface area contributed by atoms with Gasteiger partial charge < -0.3 is 14.7 Å². The van der Waals surface area contributed by atoms with Crippen LogP contribution in [-0.2, 0) is 23.5 Å². The number of carbonyl (C=O) groups is 1. The van der Waals surface area contributed by atoms with Gasteiger partial charge in [-0.15, -0.1) is 0 Å². The Bertz CT molecular complexity index is 941. The van der Waals surface area contributed by atoms with Gasteiger partial charge in [0, 0.05) is 11.8 Å². The van der Waals surface area contributed by atoms with Crippen molar-refractivity contribution in [1.29, 1.82) is 0 Å². The molecule has 26 heavy (non-hydrogen) atoms. The molecular weight excluding hydrogens is 357 g/mol. The molecule has 3 rings (SSSR count). The summed E-state index contributed by atoms with van der Waals surface area (Å²) in [6.07, 6.45) is 1.50. The third-order valence-corrected chi connectivity index (χ3v) is 4.40. The highest BCUT2D eigenvalue weighted by molar-refractivity contribution is 7.98. The molecule has 1 aromatic carbocycles. The fraction of sp³-hybridized carbons (Fsp3) is 0.167. The Hall–Kier alpha value is -2.87. The summed E-state index contributed by atoms with van der Waals surface area (Å²) in [6, 6.07) is 11.2. The van der Waals surface area contributed by atoms with Gasteiger partial charge in [-0.1, -0.05) is 30.0 Å². The second-order valence-electron chi connectivity index (χ2n) is 5.45. The van der Waals surface area contributed by atoms with Crippen molar-refractivity contribution >= 4 is 17.7 Å². The van der Waals surface area contributed by atoms with Gasteiger partial charge in [0.05, 0.1) is 24.9 Å². The van der Waals surface area contributed by atoms with Gasteiger partial charge in [-0.2, -0.15) is 0 Å². The molecule has 0 unspecified atom stereocenters. The molecule has 3 aromatic rings. The van der Waals surface area contributed by atoms with Crippen LogP contribution in [0, 0.1) is 5.82 Å². The predicted molar refractivity (Wildman–Crippen MR) is 95.1 cm³/mol. The standard InChI is InChI=1S/C18H16FN3O3S/c19-15-6-2-1-4-12(15)11-26-18-21-13(9-17(24)22-18)8-16(23)20-10-14-5-3-7-25-14/h1-7,9H,8,10-11H2,(H,20,23)(H,21,22,24). The van der Waals surface area contributed by atoms with E-state index in [9.17, 15) is 14.0 Å². The average molecular weight is 373 g/mol. The number of furan rings is 1. The summed E-state index contributed by atoms with van der Waals surface area (Å²) < 4.78 is 18.8. The average Bonchev–Trinajstić information content (AvgIpc) is 3.12. The Balaban J connectivity index is 1.61. The Morgan fingerprint density at radius 3 is 2.88 bits per heavy atom. The van der Waals surface area contributed by atoms with E-state index < -0.39 is 0 Å². The molecule has 1 amide bonds. The highest BCUT2D eigenvalue weighted by Gasteiger charge is 2.09. The van der Waals surface area contributed by atoms with E-state index in [2.05, 4.69) is 15.3 Å². The maximum Gasteiger partial charge on any atom is 0.251 e. The lowest BCUT2D eigenvalue weighted by atomic mass is 10.2. The first-order valence-corrected chi connectivity index (χ1v) is 8.84. The van der Waals surface area contributed by atoms with Gasteiger partial charge in [0.2, 0.25) is 5.91 Å². The van der Waals surface area contributed by atoms with Gasteiger partial charge >= 0.3 is 0 Å². The van der Waals surface area contributed by atoms with Crippen molar-refractivity contribution in [2.75, 3.05) is 0 Å². The number of carbonyl (C=O) groups excluding carboxylic acids is 1. The van der Waals surface area contributed by atoms with Crippen LogP contribution in [0.25, 0.3) is 0 Å². The van der Waals surface area contributed by atoms with E-state index in [0.29, 0.717) is 27.9 Å². The van der Waals surface area contributed by atoms with Gasteiger partial charge in [-0.05, 0) is 23.8 Å². The maximum atomic E-state index is 13.7. The van der Waals surface area contributed by atoms with E-state index in [1.807, 2.05) is 0 Å². The Morgan fingerprint density at radius 2 is 2.12 bits per heavy atom. The lowest BCUT2D eigenvalue weighted by Gasteiger charge is -2.06. The first-order valence-electron chi connectivity index (χ1n) is 7.85. The lowest BCUT2D eigenvalue weighted by molar-refractivity contribution is -0.120. The number of amides is 1. The molecular formula is C18H16FN3O3S. The number of rotatable bonds is 7. The molecule has 0 radical (unpaired) electrons. The second-order valence-corrected chi connectivity index (χ2v) is 6.42. The van der Waals surface area contributed by atoms with Crippen LogP contribution >= 0.6 is 11.8 Å². The van der Waals surface area contributed by atoms with Crippen LogP contribution < -0.4 is 10.9 Å². The fourth-order valence-corrected chi connectivity index (χ4v) is 3.11. The van der Waals surface area contributed by atoms with Crippen molar-refractivity contribution in [2.45, 2.75) is 23.9 Å². The SMILES string of the molecule is O=C(Cc1cc(=O)[nH]c(SCc2ccccc2F)n1)NCc1ccco1. The number of hydrogen-bond donors (Lipinski definition) is 2. The molecule has 0 bridgehead atoms.